The van der Waals surface area contributed by atoms with Crippen LogP contribution in [0.15, 0.2) is 138 Å². The largest absolute Gasteiger partial charge is 0.457 e. The molecule has 0 radical (unpaired) electrons. The van der Waals surface area contributed by atoms with Gasteiger partial charge in [-0.15, -0.1) is 11.3 Å². The van der Waals surface area contributed by atoms with Crippen molar-refractivity contribution in [3.05, 3.63) is 144 Å². The minimum absolute atomic E-state index is 0.0574. The number of fused-ring (bicyclic) bond motifs is 9. The molecule has 1 aliphatic rings. The van der Waals surface area contributed by atoms with E-state index in [1.54, 1.807) is 0 Å². The van der Waals surface area contributed by atoms with Crippen LogP contribution in [0, 0.1) is 0 Å². The molecular formula is C40H28N2OS. The number of para-hydroxylation sites is 2. The van der Waals surface area contributed by atoms with Crippen LogP contribution >= 0.6 is 11.3 Å². The van der Waals surface area contributed by atoms with Gasteiger partial charge in [0.05, 0.1) is 11.0 Å². The molecule has 210 valence electrons. The van der Waals surface area contributed by atoms with Crippen molar-refractivity contribution >= 4 is 75.6 Å². The molecule has 0 spiro atoms. The molecule has 4 heteroatoms. The maximum Gasteiger partial charge on any atom is 0.177 e. The fraction of sp³-hybridized carbons (Fsp3) is 0.0750. The highest BCUT2D eigenvalue weighted by Gasteiger charge is 2.31. The molecule has 1 unspecified atom stereocenters. The van der Waals surface area contributed by atoms with Gasteiger partial charge < -0.3 is 4.74 Å². The van der Waals surface area contributed by atoms with Gasteiger partial charge in [0.2, 0.25) is 0 Å². The summed E-state index contributed by atoms with van der Waals surface area (Å²) in [5.41, 5.74) is 5.45. The van der Waals surface area contributed by atoms with E-state index in [-0.39, 0.29) is 5.92 Å². The van der Waals surface area contributed by atoms with E-state index in [0.29, 0.717) is 0 Å². The van der Waals surface area contributed by atoms with Gasteiger partial charge in [0.15, 0.2) is 11.6 Å². The summed E-state index contributed by atoms with van der Waals surface area (Å²) in [6.45, 7) is 4.31. The van der Waals surface area contributed by atoms with Gasteiger partial charge >= 0.3 is 0 Å². The van der Waals surface area contributed by atoms with Gasteiger partial charge in [0, 0.05) is 48.1 Å². The molecule has 0 saturated carbocycles. The van der Waals surface area contributed by atoms with Crippen molar-refractivity contribution in [1.29, 1.82) is 0 Å². The first-order chi connectivity index (χ1) is 21.7. The van der Waals surface area contributed by atoms with Gasteiger partial charge in [-0.3, -0.25) is 4.57 Å². The molecule has 8 aromatic rings. The second kappa shape index (κ2) is 9.66. The van der Waals surface area contributed by atoms with E-state index in [0.717, 1.165) is 39.6 Å². The summed E-state index contributed by atoms with van der Waals surface area (Å²) in [6, 6.07) is 45.5. The Labute approximate surface area is 259 Å². The lowest BCUT2D eigenvalue weighted by molar-refractivity contribution is 0.431. The number of ether oxygens (including phenoxy) is 1. The number of hydrogen-bond donors (Lipinski definition) is 0. The first-order valence-corrected chi connectivity index (χ1v) is 15.9. The molecule has 3 heterocycles. The average molecular weight is 585 g/mol. The summed E-state index contributed by atoms with van der Waals surface area (Å²) in [5, 5.41) is 7.57. The summed E-state index contributed by atoms with van der Waals surface area (Å²) in [6.07, 6.45) is 0. The Balaban J connectivity index is 1.40. The van der Waals surface area contributed by atoms with E-state index in [9.17, 15) is 0 Å². The van der Waals surface area contributed by atoms with Gasteiger partial charge in [-0.25, -0.2) is 4.99 Å². The van der Waals surface area contributed by atoms with Crippen LogP contribution in [0.5, 0.6) is 5.75 Å². The summed E-state index contributed by atoms with van der Waals surface area (Å²) < 4.78 is 11.6. The Morgan fingerprint density at radius 1 is 0.682 bits per heavy atom. The maximum absolute atomic E-state index is 6.68. The smallest absolute Gasteiger partial charge is 0.177 e. The van der Waals surface area contributed by atoms with Crippen molar-refractivity contribution in [3.8, 4) is 5.75 Å². The van der Waals surface area contributed by atoms with Crippen molar-refractivity contribution in [2.75, 3.05) is 0 Å². The van der Waals surface area contributed by atoms with Crippen LogP contribution in [0.4, 0.5) is 0 Å². The Hall–Kier alpha value is -5.19. The summed E-state index contributed by atoms with van der Waals surface area (Å²) in [4.78, 5) is 5.40. The Morgan fingerprint density at radius 3 is 2.30 bits per heavy atom. The van der Waals surface area contributed by atoms with Gasteiger partial charge in [-0.2, -0.15) is 0 Å². The highest BCUT2D eigenvalue weighted by molar-refractivity contribution is 7.25. The molecule has 9 rings (SSSR count). The Kier molecular flexibility index (Phi) is 5.56. The van der Waals surface area contributed by atoms with Crippen LogP contribution in [-0.2, 0) is 0 Å². The summed E-state index contributed by atoms with van der Waals surface area (Å²) in [7, 11) is 0. The van der Waals surface area contributed by atoms with E-state index < -0.39 is 0 Å². The maximum atomic E-state index is 6.68. The average Bonchev–Trinajstić information content (AvgIpc) is 3.72. The third kappa shape index (κ3) is 3.71. The van der Waals surface area contributed by atoms with E-state index in [1.165, 1.54) is 47.3 Å². The van der Waals surface area contributed by atoms with E-state index in [2.05, 4.69) is 134 Å². The topological polar surface area (TPSA) is 26.5 Å². The van der Waals surface area contributed by atoms with Crippen molar-refractivity contribution in [2.24, 2.45) is 4.99 Å². The monoisotopic (exact) mass is 584 g/mol. The Morgan fingerprint density at radius 2 is 1.43 bits per heavy atom. The Bertz CT molecular complexity index is 2500. The van der Waals surface area contributed by atoms with Gasteiger partial charge in [-0.05, 0) is 59.7 Å². The number of rotatable bonds is 3. The molecule has 0 amide bonds. The zero-order valence-corrected chi connectivity index (χ0v) is 25.2. The number of allylic oxidation sites excluding steroid dienone is 1. The fourth-order valence-electron chi connectivity index (χ4n) is 6.88. The molecule has 44 heavy (non-hydrogen) atoms. The molecule has 0 N–H and O–H groups in total. The first-order valence-electron chi connectivity index (χ1n) is 15.0. The van der Waals surface area contributed by atoms with Crippen molar-refractivity contribution in [2.45, 2.75) is 19.8 Å². The normalized spacial score (nSPS) is 16.3. The third-order valence-electron chi connectivity index (χ3n) is 9.05. The quantitative estimate of drug-likeness (QED) is 0.190. The lowest BCUT2D eigenvalue weighted by Gasteiger charge is -2.15. The van der Waals surface area contributed by atoms with Crippen molar-refractivity contribution in [1.82, 2.24) is 4.57 Å². The van der Waals surface area contributed by atoms with E-state index >= 15 is 0 Å². The molecule has 0 fully saturated rings. The summed E-state index contributed by atoms with van der Waals surface area (Å²) in [5.74, 6) is 2.64. The molecule has 0 bridgehead atoms. The number of thiophene rings is 1. The standard InChI is InChI=1S/C40H28N2OS/c1-24-28-14-7-10-18-35(28)43-39(24)40(41-25(2)26-12-4-3-5-13-26)42-33-17-9-6-16-30(33)38-31-23-32-29-15-8-11-19-36(29)44-37(32)22-27(31)20-21-34(38)42/h3-24H,1-2H3/b40-39-,41-25+. The van der Waals surface area contributed by atoms with Crippen LogP contribution in [0.1, 0.15) is 30.9 Å². The number of aromatic nitrogens is 1. The highest BCUT2D eigenvalue weighted by Crippen LogP contribution is 2.46. The molecule has 1 atom stereocenters. The molecule has 0 saturated heterocycles. The van der Waals surface area contributed by atoms with Crippen molar-refractivity contribution in [3.63, 3.8) is 0 Å². The molecular weight excluding hydrogens is 557 g/mol. The SMILES string of the molecule is C/C(=N\C(=C1\Oc2ccccc2C1C)n1c2ccccc2c2c3cc4c(cc3ccc21)sc1ccccc14)c1ccccc1. The second-order valence-electron chi connectivity index (χ2n) is 11.6. The number of benzene rings is 6. The number of hydrogen-bond acceptors (Lipinski definition) is 3. The first kappa shape index (κ1) is 25.3. The van der Waals surface area contributed by atoms with E-state index in [1.807, 2.05) is 23.5 Å². The molecule has 2 aromatic heterocycles. The fourth-order valence-corrected chi connectivity index (χ4v) is 8.01. The van der Waals surface area contributed by atoms with Crippen LogP contribution in [-0.4, -0.2) is 10.3 Å². The lowest BCUT2D eigenvalue weighted by atomic mass is 10.0. The third-order valence-corrected chi connectivity index (χ3v) is 10.2. The van der Waals surface area contributed by atoms with Crippen LogP contribution in [0.3, 0.4) is 0 Å². The zero-order chi connectivity index (χ0) is 29.4. The number of nitrogens with zero attached hydrogens (tertiary/aromatic N) is 2. The van der Waals surface area contributed by atoms with Gasteiger partial charge in [-0.1, -0.05) is 97.9 Å². The van der Waals surface area contributed by atoms with E-state index in [4.69, 9.17) is 9.73 Å². The second-order valence-corrected chi connectivity index (χ2v) is 12.7. The molecule has 0 aliphatic carbocycles. The lowest BCUT2D eigenvalue weighted by Crippen LogP contribution is -2.07. The molecule has 3 nitrogen and oxygen atoms in total. The summed E-state index contributed by atoms with van der Waals surface area (Å²) >= 11 is 1.86. The van der Waals surface area contributed by atoms with Gasteiger partial charge in [0.1, 0.15) is 5.75 Å². The minimum atomic E-state index is 0.0574. The zero-order valence-electron chi connectivity index (χ0n) is 24.4. The minimum Gasteiger partial charge on any atom is -0.457 e. The predicted octanol–water partition coefficient (Wildman–Crippen LogP) is 11.1. The molecule has 1 aliphatic heterocycles. The van der Waals surface area contributed by atoms with Crippen molar-refractivity contribution < 1.29 is 4.74 Å². The highest BCUT2D eigenvalue weighted by atomic mass is 32.1. The van der Waals surface area contributed by atoms with Crippen LogP contribution in [0.25, 0.3) is 58.6 Å². The van der Waals surface area contributed by atoms with Crippen LogP contribution in [0.2, 0.25) is 0 Å². The van der Waals surface area contributed by atoms with Gasteiger partial charge in [0.25, 0.3) is 0 Å². The van der Waals surface area contributed by atoms with Crippen LogP contribution < -0.4 is 4.74 Å². The molecule has 6 aromatic carbocycles. The predicted molar refractivity (Wildman–Crippen MR) is 187 cm³/mol. The number of aliphatic imine (C=N–C) groups is 1.